The van der Waals surface area contributed by atoms with Gasteiger partial charge in [0.05, 0.1) is 17.4 Å². The van der Waals surface area contributed by atoms with Gasteiger partial charge in [0.2, 0.25) is 5.13 Å². The van der Waals surface area contributed by atoms with Crippen LogP contribution in [-0.4, -0.2) is 31.8 Å². The van der Waals surface area contributed by atoms with E-state index in [1.165, 1.54) is 11.5 Å². The number of imidazole rings is 1. The van der Waals surface area contributed by atoms with E-state index in [4.69, 9.17) is 0 Å². The van der Waals surface area contributed by atoms with Crippen molar-refractivity contribution in [3.63, 3.8) is 0 Å². The fourth-order valence-electron chi connectivity index (χ4n) is 1.50. The Bertz CT molecular complexity index is 601. The number of benzene rings is 1. The number of hydrogen-bond donors (Lipinski definition) is 1. The van der Waals surface area contributed by atoms with E-state index in [1.54, 1.807) is 6.33 Å². The van der Waals surface area contributed by atoms with Crippen LogP contribution in [0.3, 0.4) is 0 Å². The van der Waals surface area contributed by atoms with Crippen LogP contribution < -0.4 is 4.90 Å². The minimum Gasteiger partial charge on any atom is -0.345 e. The van der Waals surface area contributed by atoms with Crippen molar-refractivity contribution in [2.45, 2.75) is 0 Å². The van der Waals surface area contributed by atoms with E-state index in [9.17, 15) is 0 Å². The lowest BCUT2D eigenvalue weighted by Gasteiger charge is -2.14. The molecule has 80 valence electrons. The zero-order valence-electron chi connectivity index (χ0n) is 8.45. The van der Waals surface area contributed by atoms with Crippen LogP contribution in [0.4, 0.5) is 10.8 Å². The largest absolute Gasteiger partial charge is 0.345 e. The van der Waals surface area contributed by atoms with Crippen molar-refractivity contribution in [2.75, 3.05) is 11.9 Å². The Morgan fingerprint density at radius 2 is 2.31 bits per heavy atom. The minimum atomic E-state index is 0.763. The van der Waals surface area contributed by atoms with E-state index >= 15 is 0 Å². The Kier molecular flexibility index (Phi) is 2.03. The highest BCUT2D eigenvalue weighted by Gasteiger charge is 2.08. The van der Waals surface area contributed by atoms with E-state index in [1.807, 2.05) is 30.1 Å². The molecule has 1 N–H and O–H groups in total. The van der Waals surface area contributed by atoms with Crippen LogP contribution in [0.1, 0.15) is 0 Å². The van der Waals surface area contributed by atoms with Gasteiger partial charge < -0.3 is 9.88 Å². The number of rotatable bonds is 2. The zero-order valence-corrected chi connectivity index (χ0v) is 9.27. The fourth-order valence-corrected chi connectivity index (χ4v) is 1.95. The molecule has 0 unspecified atom stereocenters. The van der Waals surface area contributed by atoms with Crippen LogP contribution in [0.2, 0.25) is 0 Å². The highest BCUT2D eigenvalue weighted by molar-refractivity contribution is 7.09. The molecule has 3 aromatic rings. The van der Waals surface area contributed by atoms with Gasteiger partial charge in [0.1, 0.15) is 0 Å². The summed E-state index contributed by atoms with van der Waals surface area (Å²) < 4.78 is 3.74. The van der Waals surface area contributed by atoms with Gasteiger partial charge in [0.25, 0.3) is 0 Å². The molecule has 0 radical (unpaired) electrons. The lowest BCUT2D eigenvalue weighted by atomic mass is 10.2. The van der Waals surface area contributed by atoms with Crippen molar-refractivity contribution in [3.05, 3.63) is 24.5 Å². The minimum absolute atomic E-state index is 0.763. The molecule has 0 aliphatic carbocycles. The highest BCUT2D eigenvalue weighted by atomic mass is 32.1. The fraction of sp³-hybridized carbons (Fsp3) is 0.111. The smallest absolute Gasteiger partial charge is 0.232 e. The van der Waals surface area contributed by atoms with Gasteiger partial charge in [-0.1, -0.05) is 9.59 Å². The molecule has 2 heterocycles. The number of H-pyrrole nitrogens is 1. The van der Waals surface area contributed by atoms with E-state index < -0.39 is 0 Å². The van der Waals surface area contributed by atoms with E-state index in [2.05, 4.69) is 24.8 Å². The van der Waals surface area contributed by atoms with Gasteiger partial charge in [-0.15, -0.1) is 0 Å². The van der Waals surface area contributed by atoms with Gasteiger partial charge in [-0.05, 0) is 23.4 Å². The molecule has 1 aromatic carbocycles. The van der Waals surface area contributed by atoms with Crippen molar-refractivity contribution < 1.29 is 0 Å². The first-order chi connectivity index (χ1) is 7.84. The van der Waals surface area contributed by atoms with Crippen LogP contribution >= 0.6 is 11.5 Å². The van der Waals surface area contributed by atoms with Crippen molar-refractivity contribution in [3.8, 4) is 0 Å². The SMILES string of the molecule is CN(c1ccc2nc[nH]c2c1)c1nnns1. The molecule has 0 saturated carbocycles. The van der Waals surface area contributed by atoms with Crippen molar-refractivity contribution in [1.82, 2.24) is 24.8 Å². The Morgan fingerprint density at radius 1 is 1.38 bits per heavy atom. The lowest BCUT2D eigenvalue weighted by Crippen LogP contribution is -2.08. The second-order valence-electron chi connectivity index (χ2n) is 3.31. The van der Waals surface area contributed by atoms with Gasteiger partial charge >= 0.3 is 0 Å². The maximum Gasteiger partial charge on any atom is 0.232 e. The van der Waals surface area contributed by atoms with Crippen LogP contribution in [0.5, 0.6) is 0 Å². The third-order valence-electron chi connectivity index (χ3n) is 2.37. The Morgan fingerprint density at radius 3 is 3.12 bits per heavy atom. The Balaban J connectivity index is 2.05. The maximum absolute atomic E-state index is 4.17. The standard InChI is InChI=1S/C9H8N6S/c1-15(9-12-13-14-16-9)6-2-3-7-8(4-6)11-5-10-7/h2-5H,1H3,(H,10,11). The van der Waals surface area contributed by atoms with Gasteiger partial charge in [-0.25, -0.2) is 4.98 Å². The first-order valence-corrected chi connectivity index (χ1v) is 5.44. The third kappa shape index (κ3) is 1.41. The molecule has 16 heavy (non-hydrogen) atoms. The van der Waals surface area contributed by atoms with Gasteiger partial charge in [-0.2, -0.15) is 0 Å². The average Bonchev–Trinajstić information content (AvgIpc) is 2.98. The number of hydrogen-bond acceptors (Lipinski definition) is 6. The summed E-state index contributed by atoms with van der Waals surface area (Å²) in [5.74, 6) is 0. The van der Waals surface area contributed by atoms with E-state index in [-0.39, 0.29) is 0 Å². The monoisotopic (exact) mass is 232 g/mol. The normalized spacial score (nSPS) is 10.8. The predicted octanol–water partition coefficient (Wildman–Crippen LogP) is 1.58. The van der Waals surface area contributed by atoms with Crippen molar-refractivity contribution >= 4 is 33.4 Å². The first kappa shape index (κ1) is 9.22. The molecule has 0 fully saturated rings. The van der Waals surface area contributed by atoms with Gasteiger partial charge in [-0.3, -0.25) is 0 Å². The number of nitrogens with zero attached hydrogens (tertiary/aromatic N) is 5. The van der Waals surface area contributed by atoms with Crippen LogP contribution in [0.25, 0.3) is 11.0 Å². The Hall–Kier alpha value is -2.02. The molecule has 2 aromatic heterocycles. The topological polar surface area (TPSA) is 70.6 Å². The number of nitrogens with one attached hydrogen (secondary N) is 1. The van der Waals surface area contributed by atoms with Gasteiger partial charge in [0.15, 0.2) is 0 Å². The summed E-state index contributed by atoms with van der Waals surface area (Å²) in [5.41, 5.74) is 2.98. The van der Waals surface area contributed by atoms with Gasteiger partial charge in [0, 0.05) is 24.3 Å². The van der Waals surface area contributed by atoms with Crippen LogP contribution in [0.15, 0.2) is 24.5 Å². The molecule has 0 spiro atoms. The second kappa shape index (κ2) is 3.53. The maximum atomic E-state index is 4.17. The summed E-state index contributed by atoms with van der Waals surface area (Å²) >= 11 is 1.26. The summed E-state index contributed by atoms with van der Waals surface area (Å²) in [6, 6.07) is 5.97. The second-order valence-corrected chi connectivity index (χ2v) is 4.02. The van der Waals surface area contributed by atoms with Crippen LogP contribution in [-0.2, 0) is 0 Å². The predicted molar refractivity (Wildman–Crippen MR) is 61.9 cm³/mol. The summed E-state index contributed by atoms with van der Waals surface area (Å²) in [6.07, 6.45) is 1.68. The third-order valence-corrected chi connectivity index (χ3v) is 3.04. The zero-order chi connectivity index (χ0) is 11.0. The molecule has 3 rings (SSSR count). The summed E-state index contributed by atoms with van der Waals surface area (Å²) in [4.78, 5) is 9.18. The van der Waals surface area contributed by atoms with Crippen molar-refractivity contribution in [2.24, 2.45) is 0 Å². The molecule has 0 aliphatic rings. The summed E-state index contributed by atoms with van der Waals surface area (Å²) in [5, 5.41) is 8.26. The average molecular weight is 232 g/mol. The van der Waals surface area contributed by atoms with Crippen molar-refractivity contribution in [1.29, 1.82) is 0 Å². The quantitative estimate of drug-likeness (QED) is 0.726. The first-order valence-electron chi connectivity index (χ1n) is 4.66. The number of aromatic nitrogens is 5. The highest BCUT2D eigenvalue weighted by Crippen LogP contribution is 2.25. The van der Waals surface area contributed by atoms with E-state index in [0.717, 1.165) is 21.9 Å². The molecule has 0 atom stereocenters. The number of anilines is 2. The molecular weight excluding hydrogens is 224 g/mol. The summed E-state index contributed by atoms with van der Waals surface area (Å²) in [6.45, 7) is 0. The molecule has 0 amide bonds. The Labute approximate surface area is 95.1 Å². The number of fused-ring (bicyclic) bond motifs is 1. The molecule has 0 saturated heterocycles. The molecule has 7 heteroatoms. The van der Waals surface area contributed by atoms with Crippen LogP contribution in [0, 0.1) is 0 Å². The molecular formula is C9H8N6S. The number of aromatic amines is 1. The van der Waals surface area contributed by atoms with E-state index in [0.29, 0.717) is 0 Å². The molecule has 6 nitrogen and oxygen atoms in total. The molecule has 0 aliphatic heterocycles. The summed E-state index contributed by atoms with van der Waals surface area (Å²) in [7, 11) is 1.93. The molecule has 0 bridgehead atoms. The lowest BCUT2D eigenvalue weighted by molar-refractivity contribution is 0.944.